The maximum absolute atomic E-state index is 10.7. The molecule has 16 heavy (non-hydrogen) atoms. The number of rotatable bonds is 2. The number of nitrogens with one attached hydrogen (secondary N) is 1. The number of carbonyl (C=O) groups is 1. The number of benzene rings is 1. The lowest BCUT2D eigenvalue weighted by atomic mass is 9.87. The number of carbonyl (C=O) groups excluding carboxylic acids is 1. The quantitative estimate of drug-likeness (QED) is 0.770. The number of amides is 1. The Balaban J connectivity index is 2.66. The molecular weight excluding hydrogens is 200 g/mol. The molecule has 0 spiro atoms. The maximum atomic E-state index is 10.7. The van der Waals surface area contributed by atoms with Gasteiger partial charge in [-0.25, -0.2) is 0 Å². The van der Waals surface area contributed by atoms with E-state index in [-0.39, 0.29) is 5.41 Å². The summed E-state index contributed by atoms with van der Waals surface area (Å²) in [5.74, 6) is -0.597. The molecule has 0 saturated heterocycles. The molecule has 0 aliphatic rings. The third-order valence-electron chi connectivity index (χ3n) is 2.37. The van der Waals surface area contributed by atoms with Crippen molar-refractivity contribution in [2.75, 3.05) is 0 Å². The van der Waals surface area contributed by atoms with E-state index < -0.39 is 5.91 Å². The van der Waals surface area contributed by atoms with Crippen LogP contribution in [0.5, 0.6) is 0 Å². The van der Waals surface area contributed by atoms with E-state index in [9.17, 15) is 4.79 Å². The summed E-state index contributed by atoms with van der Waals surface area (Å²) in [4.78, 5) is 10.7. The van der Waals surface area contributed by atoms with Gasteiger partial charge in [0.05, 0.1) is 0 Å². The molecule has 0 heterocycles. The topological polar surface area (TPSA) is 52.9 Å². The monoisotopic (exact) mass is 216 g/mol. The van der Waals surface area contributed by atoms with E-state index >= 15 is 0 Å². The van der Waals surface area contributed by atoms with Crippen LogP contribution in [0.15, 0.2) is 24.3 Å². The van der Waals surface area contributed by atoms with Gasteiger partial charge in [0.1, 0.15) is 0 Å². The minimum absolute atomic E-state index is 0.133. The van der Waals surface area contributed by atoms with Gasteiger partial charge in [-0.05, 0) is 16.5 Å². The van der Waals surface area contributed by atoms with Crippen molar-refractivity contribution in [1.29, 1.82) is 5.26 Å². The summed E-state index contributed by atoms with van der Waals surface area (Å²) < 4.78 is 0. The van der Waals surface area contributed by atoms with Gasteiger partial charge in [0.2, 0.25) is 0 Å². The van der Waals surface area contributed by atoms with Gasteiger partial charge in [0.15, 0.2) is 6.07 Å². The molecule has 0 atom stereocenters. The molecule has 3 nitrogen and oxygen atoms in total. The van der Waals surface area contributed by atoms with Crippen LogP contribution in [0.1, 0.15) is 31.9 Å². The van der Waals surface area contributed by atoms with Gasteiger partial charge in [-0.3, -0.25) is 4.79 Å². The molecule has 1 amide bonds. The Kier molecular flexibility index (Phi) is 3.68. The molecule has 0 aliphatic heterocycles. The predicted molar refractivity (Wildman–Crippen MR) is 62.6 cm³/mol. The van der Waals surface area contributed by atoms with Gasteiger partial charge in [0, 0.05) is 6.54 Å². The van der Waals surface area contributed by atoms with Crippen molar-refractivity contribution in [3.8, 4) is 6.07 Å². The lowest BCUT2D eigenvalue weighted by molar-refractivity contribution is -0.116. The minimum atomic E-state index is -0.597. The van der Waals surface area contributed by atoms with Crippen molar-refractivity contribution < 1.29 is 4.79 Å². The Bertz CT molecular complexity index is 407. The lowest BCUT2D eigenvalue weighted by Gasteiger charge is -2.19. The summed E-state index contributed by atoms with van der Waals surface area (Å²) >= 11 is 0. The first kappa shape index (κ1) is 12.3. The lowest BCUT2D eigenvalue weighted by Crippen LogP contribution is -2.20. The molecule has 1 aromatic carbocycles. The first-order valence-corrected chi connectivity index (χ1v) is 5.21. The number of nitrogens with zero attached hydrogens (tertiary/aromatic N) is 1. The second-order valence-corrected chi connectivity index (χ2v) is 4.74. The number of nitriles is 1. The minimum Gasteiger partial charge on any atom is -0.339 e. The van der Waals surface area contributed by atoms with Gasteiger partial charge in [0.25, 0.3) is 0 Å². The van der Waals surface area contributed by atoms with Crippen molar-refractivity contribution in [2.24, 2.45) is 0 Å². The van der Waals surface area contributed by atoms with E-state index in [1.165, 1.54) is 11.6 Å². The largest absolute Gasteiger partial charge is 0.339 e. The Morgan fingerprint density at radius 2 is 1.88 bits per heavy atom. The van der Waals surface area contributed by atoms with Crippen LogP contribution in [-0.2, 0) is 16.8 Å². The zero-order chi connectivity index (χ0) is 12.2. The molecule has 0 aromatic heterocycles. The second kappa shape index (κ2) is 4.80. The van der Waals surface area contributed by atoms with E-state index in [1.54, 1.807) is 0 Å². The molecule has 0 fully saturated rings. The Hall–Kier alpha value is -1.82. The summed E-state index contributed by atoms with van der Waals surface area (Å²) in [7, 11) is 0. The van der Waals surface area contributed by atoms with Crippen molar-refractivity contribution in [2.45, 2.75) is 32.7 Å². The molecule has 0 saturated carbocycles. The summed E-state index contributed by atoms with van der Waals surface area (Å²) in [5.41, 5.74) is 2.38. The van der Waals surface area contributed by atoms with Crippen LogP contribution in [-0.4, -0.2) is 5.91 Å². The van der Waals surface area contributed by atoms with Crippen LogP contribution in [0.3, 0.4) is 0 Å². The van der Waals surface area contributed by atoms with Crippen molar-refractivity contribution >= 4 is 5.91 Å². The van der Waals surface area contributed by atoms with Crippen LogP contribution in [0, 0.1) is 11.3 Å². The highest BCUT2D eigenvalue weighted by Crippen LogP contribution is 2.21. The smallest absolute Gasteiger partial charge is 0.322 e. The second-order valence-electron chi connectivity index (χ2n) is 4.74. The third-order valence-corrected chi connectivity index (χ3v) is 2.37. The van der Waals surface area contributed by atoms with Crippen LogP contribution in [0.2, 0.25) is 0 Å². The summed E-state index contributed by atoms with van der Waals surface area (Å²) in [6.45, 7) is 6.86. The number of hydrogen-bond donors (Lipinski definition) is 1. The van der Waals surface area contributed by atoms with Crippen LogP contribution in [0.4, 0.5) is 0 Å². The van der Waals surface area contributed by atoms with Crippen LogP contribution in [0.25, 0.3) is 0 Å². The fraction of sp³-hybridized carbons (Fsp3) is 0.385. The highest BCUT2D eigenvalue weighted by atomic mass is 16.1. The van der Waals surface area contributed by atoms with Gasteiger partial charge >= 0.3 is 5.91 Å². The van der Waals surface area contributed by atoms with Gasteiger partial charge in [-0.2, -0.15) is 5.26 Å². The third kappa shape index (κ3) is 3.39. The molecule has 0 unspecified atom stereocenters. The first-order chi connectivity index (χ1) is 7.43. The maximum Gasteiger partial charge on any atom is 0.322 e. The highest BCUT2D eigenvalue weighted by Gasteiger charge is 2.12. The Labute approximate surface area is 96.1 Å². The Morgan fingerprint density at radius 1 is 1.31 bits per heavy atom. The highest BCUT2D eigenvalue weighted by molar-refractivity contribution is 5.91. The SMILES string of the molecule is CC(C)(C)c1ccc(CNC(=O)C#N)cc1. The molecule has 0 radical (unpaired) electrons. The van der Waals surface area contributed by atoms with E-state index in [0.717, 1.165) is 5.56 Å². The molecular formula is C13H16N2O. The molecule has 84 valence electrons. The predicted octanol–water partition coefficient (Wildman–Crippen LogP) is 2.12. The van der Waals surface area contributed by atoms with E-state index in [1.807, 2.05) is 24.3 Å². The van der Waals surface area contributed by atoms with Crippen LogP contribution >= 0.6 is 0 Å². The van der Waals surface area contributed by atoms with Crippen LogP contribution < -0.4 is 5.32 Å². The fourth-order valence-electron chi connectivity index (χ4n) is 1.34. The van der Waals surface area contributed by atoms with Gasteiger partial charge < -0.3 is 5.32 Å². The summed E-state index contributed by atoms with van der Waals surface area (Å²) in [5, 5.41) is 10.8. The number of hydrogen-bond acceptors (Lipinski definition) is 2. The standard InChI is InChI=1S/C13H16N2O/c1-13(2,3)11-6-4-10(5-7-11)9-15-12(16)8-14/h4-7H,9H2,1-3H3,(H,15,16). The van der Waals surface area contributed by atoms with E-state index in [4.69, 9.17) is 5.26 Å². The normalized spacial score (nSPS) is 10.6. The molecule has 0 aliphatic carbocycles. The molecule has 1 rings (SSSR count). The average molecular weight is 216 g/mol. The van der Waals surface area contributed by atoms with Crippen molar-refractivity contribution in [3.05, 3.63) is 35.4 Å². The van der Waals surface area contributed by atoms with Crippen molar-refractivity contribution in [1.82, 2.24) is 5.32 Å². The molecule has 1 aromatic rings. The first-order valence-electron chi connectivity index (χ1n) is 5.21. The van der Waals surface area contributed by atoms with E-state index in [2.05, 4.69) is 26.1 Å². The average Bonchev–Trinajstić information content (AvgIpc) is 2.25. The zero-order valence-corrected chi connectivity index (χ0v) is 9.87. The molecule has 0 bridgehead atoms. The fourth-order valence-corrected chi connectivity index (χ4v) is 1.34. The van der Waals surface area contributed by atoms with Gasteiger partial charge in [-0.15, -0.1) is 0 Å². The van der Waals surface area contributed by atoms with Crippen molar-refractivity contribution in [3.63, 3.8) is 0 Å². The molecule has 1 N–H and O–H groups in total. The summed E-state index contributed by atoms with van der Waals surface area (Å²) in [6, 6.07) is 9.56. The molecule has 3 heteroatoms. The summed E-state index contributed by atoms with van der Waals surface area (Å²) in [6.07, 6.45) is 0. The van der Waals surface area contributed by atoms with E-state index in [0.29, 0.717) is 6.54 Å². The Morgan fingerprint density at radius 3 is 2.31 bits per heavy atom. The zero-order valence-electron chi connectivity index (χ0n) is 9.87. The van der Waals surface area contributed by atoms with Gasteiger partial charge in [-0.1, -0.05) is 45.0 Å².